The fourth-order valence-electron chi connectivity index (χ4n) is 3.20. The Labute approximate surface area is 219 Å². The van der Waals surface area contributed by atoms with Crippen molar-refractivity contribution in [3.8, 4) is 22.5 Å². The van der Waals surface area contributed by atoms with Gasteiger partial charge in [-0.3, -0.25) is 0 Å². The Hall–Kier alpha value is -2.97. The summed E-state index contributed by atoms with van der Waals surface area (Å²) >= 11 is 2.21. The van der Waals surface area contributed by atoms with Crippen molar-refractivity contribution in [3.63, 3.8) is 0 Å². The van der Waals surface area contributed by atoms with Crippen molar-refractivity contribution in [3.05, 3.63) is 68.9 Å². The summed E-state index contributed by atoms with van der Waals surface area (Å²) < 4.78 is 103. The molecule has 0 fully saturated rings. The molecule has 0 unspecified atom stereocenters. The molecule has 0 radical (unpaired) electrons. The summed E-state index contributed by atoms with van der Waals surface area (Å²) in [6, 6.07) is 6.21. The number of alkyl halides is 6. The van der Waals surface area contributed by atoms with Crippen LogP contribution in [0.25, 0.3) is 22.5 Å². The zero-order chi connectivity index (χ0) is 27.0. The Kier molecular flexibility index (Phi) is 9.15. The first-order valence-corrected chi connectivity index (χ1v) is 11.4. The van der Waals surface area contributed by atoms with E-state index in [4.69, 9.17) is 11.5 Å². The molecule has 2 heterocycles. The number of nitrogen functional groups attached to an aromatic ring is 2. The molecule has 0 aliphatic heterocycles. The first kappa shape index (κ1) is 30.3. The van der Waals surface area contributed by atoms with Gasteiger partial charge in [-0.1, -0.05) is 12.1 Å². The number of aryl methyl sites for hydroxylation is 2. The van der Waals surface area contributed by atoms with Crippen LogP contribution in [0.4, 0.5) is 45.4 Å². The SMILES string of the molecule is Cc1sc(N)nc1-c1cccc(C(F)(F)F)c1F.Cc1sc(N)nc1-c1cccc(C(F)(F)F)c1F.Cl. The largest absolute Gasteiger partial charge is 0.419 e. The molecule has 0 aliphatic carbocycles. The Bertz CT molecular complexity index is 1290. The lowest BCUT2D eigenvalue weighted by atomic mass is 10.1. The second-order valence-electron chi connectivity index (χ2n) is 7.24. The zero-order valence-corrected chi connectivity index (χ0v) is 21.2. The number of halogens is 9. The lowest BCUT2D eigenvalue weighted by Gasteiger charge is -2.10. The van der Waals surface area contributed by atoms with Crippen LogP contribution in [0, 0.1) is 25.5 Å². The third-order valence-corrected chi connectivity index (χ3v) is 6.34. The first-order chi connectivity index (χ1) is 16.6. The minimum Gasteiger partial charge on any atom is -0.375 e. The molecule has 0 atom stereocenters. The molecule has 4 N–H and O–H groups in total. The fourth-order valence-corrected chi connectivity index (χ4v) is 4.61. The van der Waals surface area contributed by atoms with E-state index in [0.717, 1.165) is 34.8 Å². The van der Waals surface area contributed by atoms with E-state index in [1.54, 1.807) is 13.8 Å². The third kappa shape index (κ3) is 6.67. The smallest absolute Gasteiger partial charge is 0.375 e. The average Bonchev–Trinajstić information content (AvgIpc) is 3.26. The maximum absolute atomic E-state index is 13.8. The molecular weight excluding hydrogens is 572 g/mol. The predicted octanol–water partition coefficient (Wildman–Crippen LogP) is 8.14. The quantitative estimate of drug-likeness (QED) is 0.232. The van der Waals surface area contributed by atoms with E-state index in [1.165, 1.54) is 12.1 Å². The minimum atomic E-state index is -4.73. The minimum absolute atomic E-state index is 0. The van der Waals surface area contributed by atoms with E-state index in [0.29, 0.717) is 21.9 Å². The van der Waals surface area contributed by atoms with Crippen molar-refractivity contribution >= 4 is 45.3 Å². The van der Waals surface area contributed by atoms with Crippen LogP contribution in [0.3, 0.4) is 0 Å². The Morgan fingerprint density at radius 3 is 1.22 bits per heavy atom. The first-order valence-electron chi connectivity index (χ1n) is 9.79. The highest BCUT2D eigenvalue weighted by molar-refractivity contribution is 7.16. The molecule has 0 bridgehead atoms. The molecule has 0 amide bonds. The van der Waals surface area contributed by atoms with Crippen LogP contribution in [-0.4, -0.2) is 9.97 Å². The molecule has 2 aromatic carbocycles. The number of benzene rings is 2. The topological polar surface area (TPSA) is 77.8 Å². The molecule has 0 spiro atoms. The molecule has 0 saturated carbocycles. The van der Waals surface area contributed by atoms with Gasteiger partial charge in [0.1, 0.15) is 11.6 Å². The monoisotopic (exact) mass is 588 g/mol. The molecule has 37 heavy (non-hydrogen) atoms. The summed E-state index contributed by atoms with van der Waals surface area (Å²) in [6.45, 7) is 3.26. The molecule has 15 heteroatoms. The lowest BCUT2D eigenvalue weighted by Crippen LogP contribution is -2.08. The van der Waals surface area contributed by atoms with Crippen molar-refractivity contribution in [1.29, 1.82) is 0 Å². The second kappa shape index (κ2) is 11.2. The van der Waals surface area contributed by atoms with Crippen LogP contribution >= 0.6 is 35.1 Å². The van der Waals surface area contributed by atoms with Gasteiger partial charge in [-0.05, 0) is 38.1 Å². The van der Waals surface area contributed by atoms with Gasteiger partial charge in [-0.25, -0.2) is 18.7 Å². The van der Waals surface area contributed by atoms with Gasteiger partial charge in [0.25, 0.3) is 0 Å². The van der Waals surface area contributed by atoms with Gasteiger partial charge in [0.2, 0.25) is 0 Å². The maximum Gasteiger partial charge on any atom is 0.419 e. The summed E-state index contributed by atoms with van der Waals surface area (Å²) in [5.74, 6) is -2.64. The number of hydrogen-bond acceptors (Lipinski definition) is 6. The van der Waals surface area contributed by atoms with E-state index in [2.05, 4.69) is 9.97 Å². The third-order valence-electron chi connectivity index (χ3n) is 4.74. The van der Waals surface area contributed by atoms with Gasteiger partial charge in [0.15, 0.2) is 10.3 Å². The van der Waals surface area contributed by atoms with Crippen molar-refractivity contribution < 1.29 is 35.1 Å². The standard InChI is InChI=1S/2C11H8F4N2S.ClH/c2*1-5-9(17-10(16)18-5)6-3-2-4-7(8(6)12)11(13,14)15;/h2*2-4H,1H3,(H2,16,17);1H. The lowest BCUT2D eigenvalue weighted by molar-refractivity contribution is -0.140. The fraction of sp³-hybridized carbons (Fsp3) is 0.182. The molecule has 2 aromatic heterocycles. The summed E-state index contributed by atoms with van der Waals surface area (Å²) in [5, 5.41) is 0.388. The molecule has 200 valence electrons. The Balaban J connectivity index is 0.000000253. The highest BCUT2D eigenvalue weighted by Gasteiger charge is 2.36. The Morgan fingerprint density at radius 1 is 0.649 bits per heavy atom. The van der Waals surface area contributed by atoms with Gasteiger partial charge >= 0.3 is 12.4 Å². The number of anilines is 2. The highest BCUT2D eigenvalue weighted by Crippen LogP contribution is 2.38. The molecule has 4 aromatic rings. The molecule has 4 nitrogen and oxygen atoms in total. The number of rotatable bonds is 2. The Morgan fingerprint density at radius 2 is 0.973 bits per heavy atom. The van der Waals surface area contributed by atoms with E-state index in [1.807, 2.05) is 0 Å². The van der Waals surface area contributed by atoms with E-state index in [9.17, 15) is 35.1 Å². The van der Waals surface area contributed by atoms with Crippen LogP contribution in [0.2, 0.25) is 0 Å². The summed E-state index contributed by atoms with van der Waals surface area (Å²) in [5.41, 5.74) is 8.24. The summed E-state index contributed by atoms with van der Waals surface area (Å²) in [7, 11) is 0. The van der Waals surface area contributed by atoms with E-state index < -0.39 is 35.1 Å². The van der Waals surface area contributed by atoms with E-state index >= 15 is 0 Å². The van der Waals surface area contributed by atoms with Crippen molar-refractivity contribution in [1.82, 2.24) is 9.97 Å². The van der Waals surface area contributed by atoms with Crippen LogP contribution in [0.15, 0.2) is 36.4 Å². The van der Waals surface area contributed by atoms with E-state index in [-0.39, 0.29) is 45.2 Å². The highest BCUT2D eigenvalue weighted by atomic mass is 35.5. The number of nitrogens with zero attached hydrogens (tertiary/aromatic N) is 2. The van der Waals surface area contributed by atoms with Crippen molar-refractivity contribution in [2.75, 3.05) is 11.5 Å². The van der Waals surface area contributed by atoms with Crippen LogP contribution in [0.1, 0.15) is 20.9 Å². The van der Waals surface area contributed by atoms with Gasteiger partial charge in [0.05, 0.1) is 22.5 Å². The molecule has 0 aliphatic rings. The van der Waals surface area contributed by atoms with Crippen LogP contribution in [-0.2, 0) is 12.4 Å². The van der Waals surface area contributed by atoms with Gasteiger partial charge in [-0.2, -0.15) is 26.3 Å². The van der Waals surface area contributed by atoms with Gasteiger partial charge < -0.3 is 11.5 Å². The predicted molar refractivity (Wildman–Crippen MR) is 131 cm³/mol. The number of thiazole rings is 2. The molecule has 4 rings (SSSR count). The average molecular weight is 589 g/mol. The normalized spacial score (nSPS) is 11.5. The van der Waals surface area contributed by atoms with Crippen LogP contribution in [0.5, 0.6) is 0 Å². The number of nitrogens with two attached hydrogens (primary N) is 2. The van der Waals surface area contributed by atoms with Gasteiger partial charge in [0, 0.05) is 20.9 Å². The summed E-state index contributed by atoms with van der Waals surface area (Å²) in [6.07, 6.45) is -9.45. The maximum atomic E-state index is 13.8. The van der Waals surface area contributed by atoms with Gasteiger partial charge in [-0.15, -0.1) is 35.1 Å². The molecular formula is C22H17ClF8N4S2. The van der Waals surface area contributed by atoms with Crippen molar-refractivity contribution in [2.45, 2.75) is 26.2 Å². The summed E-state index contributed by atoms with van der Waals surface area (Å²) in [4.78, 5) is 8.86. The number of hydrogen-bond donors (Lipinski definition) is 2. The zero-order valence-electron chi connectivity index (χ0n) is 18.8. The molecule has 0 saturated heterocycles. The van der Waals surface area contributed by atoms with Crippen molar-refractivity contribution in [2.24, 2.45) is 0 Å². The van der Waals surface area contributed by atoms with Crippen LogP contribution < -0.4 is 11.5 Å². The number of aromatic nitrogens is 2. The second-order valence-corrected chi connectivity index (χ2v) is 9.71.